The Bertz CT molecular complexity index is 742. The van der Waals surface area contributed by atoms with E-state index in [1.165, 1.54) is 30.5 Å². The molecular formula is C24H39N3O6S. The molecule has 0 aromatic carbocycles. The monoisotopic (exact) mass is 497 g/mol. The topological polar surface area (TPSA) is 130 Å². The third kappa shape index (κ3) is 11.8. The molecule has 0 spiro atoms. The van der Waals surface area contributed by atoms with Crippen molar-refractivity contribution >= 4 is 47.0 Å². The van der Waals surface area contributed by atoms with Crippen LogP contribution in [0.2, 0.25) is 0 Å². The minimum atomic E-state index is -0.540. The van der Waals surface area contributed by atoms with E-state index in [0.29, 0.717) is 70.9 Å². The lowest BCUT2D eigenvalue weighted by Crippen LogP contribution is -2.39. The number of nitrogens with one attached hydrogen (secondary N) is 2. The highest BCUT2D eigenvalue weighted by molar-refractivity contribution is 8.00. The largest absolute Gasteiger partial charge is 0.356 e. The van der Waals surface area contributed by atoms with Gasteiger partial charge < -0.3 is 15.4 Å². The van der Waals surface area contributed by atoms with E-state index in [1.807, 2.05) is 6.26 Å². The van der Waals surface area contributed by atoms with Crippen molar-refractivity contribution in [3.63, 3.8) is 0 Å². The maximum Gasteiger partial charge on any atom is 0.242 e. The number of imide groups is 1. The Labute approximate surface area is 206 Å². The molecule has 10 heteroatoms. The van der Waals surface area contributed by atoms with E-state index in [4.69, 9.17) is 0 Å². The average molecular weight is 498 g/mol. The molecule has 1 rings (SSSR count). The predicted octanol–water partition coefficient (Wildman–Crippen LogP) is 2.16. The molecule has 4 amide bonds. The summed E-state index contributed by atoms with van der Waals surface area (Å²) in [5.74, 6) is -0.540. The zero-order valence-corrected chi connectivity index (χ0v) is 21.5. The van der Waals surface area contributed by atoms with E-state index in [9.17, 15) is 28.8 Å². The number of thioether (sulfide) groups is 1. The third-order valence-corrected chi connectivity index (χ3v) is 6.71. The van der Waals surface area contributed by atoms with E-state index in [-0.39, 0.29) is 53.3 Å². The van der Waals surface area contributed by atoms with Crippen molar-refractivity contribution in [3.8, 4) is 0 Å². The summed E-state index contributed by atoms with van der Waals surface area (Å²) in [4.78, 5) is 72.0. The van der Waals surface area contributed by atoms with Gasteiger partial charge in [-0.05, 0) is 58.6 Å². The van der Waals surface area contributed by atoms with E-state index in [0.717, 1.165) is 0 Å². The van der Waals surface area contributed by atoms with Gasteiger partial charge in [0.05, 0.1) is 11.3 Å². The second kappa shape index (κ2) is 16.4. The van der Waals surface area contributed by atoms with E-state index < -0.39 is 6.04 Å². The van der Waals surface area contributed by atoms with Gasteiger partial charge in [0.15, 0.2) is 5.78 Å². The molecular weight excluding hydrogens is 458 g/mol. The molecule has 2 atom stereocenters. The predicted molar refractivity (Wildman–Crippen MR) is 131 cm³/mol. The maximum atomic E-state index is 12.2. The molecule has 0 aromatic heterocycles. The summed E-state index contributed by atoms with van der Waals surface area (Å²) in [6.45, 7) is 3.84. The van der Waals surface area contributed by atoms with Crippen LogP contribution in [0.1, 0.15) is 84.5 Å². The van der Waals surface area contributed by atoms with Gasteiger partial charge in [-0.1, -0.05) is 6.42 Å². The summed E-state index contributed by atoms with van der Waals surface area (Å²) in [5, 5.41) is 5.32. The van der Waals surface area contributed by atoms with E-state index in [1.54, 1.807) is 0 Å². The van der Waals surface area contributed by atoms with Crippen LogP contribution in [0, 0.1) is 0 Å². The van der Waals surface area contributed by atoms with Crippen molar-refractivity contribution in [3.05, 3.63) is 0 Å². The number of amides is 4. The van der Waals surface area contributed by atoms with Crippen molar-refractivity contribution in [1.29, 1.82) is 0 Å². The van der Waals surface area contributed by atoms with E-state index in [2.05, 4.69) is 10.6 Å². The fourth-order valence-electron chi connectivity index (χ4n) is 3.74. The summed E-state index contributed by atoms with van der Waals surface area (Å²) in [6, 6.07) is -0.540. The molecule has 1 fully saturated rings. The normalized spacial score (nSPS) is 16.4. The molecule has 1 aliphatic rings. The number of carbonyl (C=O) groups excluding carboxylic acids is 6. The Morgan fingerprint density at radius 1 is 0.941 bits per heavy atom. The Hall–Kier alpha value is -2.23. The highest BCUT2D eigenvalue weighted by Crippen LogP contribution is 2.23. The Morgan fingerprint density at radius 3 is 2.26 bits per heavy atom. The maximum absolute atomic E-state index is 12.2. The van der Waals surface area contributed by atoms with Crippen LogP contribution in [0.25, 0.3) is 0 Å². The highest BCUT2D eigenvalue weighted by Gasteiger charge is 2.37. The van der Waals surface area contributed by atoms with Crippen molar-refractivity contribution in [2.24, 2.45) is 0 Å². The van der Waals surface area contributed by atoms with Gasteiger partial charge in [0, 0.05) is 38.8 Å². The van der Waals surface area contributed by atoms with Crippen molar-refractivity contribution in [2.45, 2.75) is 95.8 Å². The second-order valence-corrected chi connectivity index (χ2v) is 9.80. The van der Waals surface area contributed by atoms with Gasteiger partial charge in [-0.2, -0.15) is 11.8 Å². The van der Waals surface area contributed by atoms with Crippen LogP contribution in [0.4, 0.5) is 0 Å². The van der Waals surface area contributed by atoms with Gasteiger partial charge in [0.2, 0.25) is 23.6 Å². The fraction of sp³-hybridized carbons (Fsp3) is 0.750. The Kier molecular flexibility index (Phi) is 14.4. The number of Topliss-reactive ketones (excluding diaryl/α,β-unsaturated/α-hetero) is 2. The molecule has 0 aliphatic carbocycles. The molecule has 0 saturated carbocycles. The van der Waals surface area contributed by atoms with Crippen LogP contribution >= 0.6 is 11.8 Å². The van der Waals surface area contributed by atoms with Gasteiger partial charge in [0.25, 0.3) is 0 Å². The van der Waals surface area contributed by atoms with Gasteiger partial charge in [-0.3, -0.25) is 28.9 Å². The zero-order valence-electron chi connectivity index (χ0n) is 20.7. The molecule has 1 aliphatic heterocycles. The van der Waals surface area contributed by atoms with Crippen molar-refractivity contribution < 1.29 is 28.8 Å². The van der Waals surface area contributed by atoms with Crippen LogP contribution in [-0.4, -0.2) is 70.7 Å². The molecule has 9 nitrogen and oxygen atoms in total. The minimum absolute atomic E-state index is 0.0736. The first kappa shape index (κ1) is 29.8. The fourth-order valence-corrected chi connectivity index (χ4v) is 4.37. The lowest BCUT2D eigenvalue weighted by molar-refractivity contribution is -0.138. The van der Waals surface area contributed by atoms with Crippen molar-refractivity contribution in [2.75, 3.05) is 19.3 Å². The first-order valence-electron chi connectivity index (χ1n) is 12.1. The van der Waals surface area contributed by atoms with Crippen LogP contribution in [-0.2, 0) is 28.8 Å². The number of hydrogen-bond acceptors (Lipinski definition) is 7. The summed E-state index contributed by atoms with van der Waals surface area (Å²) in [5.41, 5.74) is 0. The number of hydrogen-bond donors (Lipinski definition) is 2. The van der Waals surface area contributed by atoms with E-state index >= 15 is 0 Å². The standard InChI is InChI=1S/C24H39N3O6S/c1-17(28)10-9-13-21(30)25-14-7-6-11-19(18(2)29)26-22(31)12-5-4-8-15-27-23(32)16-20(34-3)24(27)33/h19-20H,4-16H2,1-3H3,(H,25,30)(H,26,31)/t19-,20?/m0/s1. The molecule has 0 aromatic rings. The smallest absolute Gasteiger partial charge is 0.242 e. The summed E-state index contributed by atoms with van der Waals surface area (Å²) < 4.78 is 0. The number of unbranched alkanes of at least 4 members (excludes halogenated alkanes) is 3. The number of carbonyl (C=O) groups is 6. The number of likely N-dealkylation sites (tertiary alicyclic amines) is 1. The molecule has 192 valence electrons. The van der Waals surface area contributed by atoms with Gasteiger partial charge >= 0.3 is 0 Å². The quantitative estimate of drug-likeness (QED) is 0.219. The molecule has 0 radical (unpaired) electrons. The summed E-state index contributed by atoms with van der Waals surface area (Å²) in [6.07, 6.45) is 7.54. The molecule has 1 unspecified atom stereocenters. The van der Waals surface area contributed by atoms with Crippen LogP contribution in [0.15, 0.2) is 0 Å². The number of ketones is 2. The summed E-state index contributed by atoms with van der Waals surface area (Å²) in [7, 11) is 0. The van der Waals surface area contributed by atoms with Gasteiger partial charge in [-0.25, -0.2) is 0 Å². The van der Waals surface area contributed by atoms with Crippen LogP contribution in [0.3, 0.4) is 0 Å². The molecule has 1 saturated heterocycles. The lowest BCUT2D eigenvalue weighted by atomic mass is 10.1. The van der Waals surface area contributed by atoms with Crippen molar-refractivity contribution in [1.82, 2.24) is 15.5 Å². The molecule has 2 N–H and O–H groups in total. The Morgan fingerprint density at radius 2 is 1.65 bits per heavy atom. The SMILES string of the molecule is CSC1CC(=O)N(CCCCCC(=O)N[C@@H](CCCCNC(=O)CCCC(C)=O)C(C)=O)C1=O. The Balaban J connectivity index is 2.17. The van der Waals surface area contributed by atoms with Gasteiger partial charge in [0.1, 0.15) is 5.78 Å². The van der Waals surface area contributed by atoms with Crippen LogP contribution < -0.4 is 10.6 Å². The van der Waals surface area contributed by atoms with Gasteiger partial charge in [-0.15, -0.1) is 0 Å². The van der Waals surface area contributed by atoms with Crippen LogP contribution in [0.5, 0.6) is 0 Å². The zero-order chi connectivity index (χ0) is 25.5. The number of rotatable bonds is 18. The lowest BCUT2D eigenvalue weighted by Gasteiger charge is -2.16. The molecule has 0 bridgehead atoms. The summed E-state index contributed by atoms with van der Waals surface area (Å²) >= 11 is 1.40. The minimum Gasteiger partial charge on any atom is -0.356 e. The second-order valence-electron chi connectivity index (χ2n) is 8.75. The molecule has 34 heavy (non-hydrogen) atoms. The first-order chi connectivity index (χ1) is 16.1. The average Bonchev–Trinajstić information content (AvgIpc) is 3.04. The number of nitrogens with zero attached hydrogens (tertiary/aromatic N) is 1. The first-order valence-corrected chi connectivity index (χ1v) is 13.4. The highest BCUT2D eigenvalue weighted by atomic mass is 32.2. The molecule has 1 heterocycles. The third-order valence-electron chi connectivity index (χ3n) is 5.77.